The Bertz CT molecular complexity index is 1110. The van der Waals surface area contributed by atoms with Gasteiger partial charge in [0.1, 0.15) is 11.9 Å². The van der Waals surface area contributed by atoms with Crippen molar-refractivity contribution in [3.63, 3.8) is 0 Å². The van der Waals surface area contributed by atoms with Gasteiger partial charge in [0.2, 0.25) is 12.3 Å². The molecular formula is C19H17F3N6O2. The standard InChI is InChI=1S/C19H17F3N6O2/c20-12-6-11(16(23)29)18(28-19(12)27-14(17(24)30)7-15(21)22)26-10-5-9-3-1-2-4-13(9)25-8-10/h1-6,8,14-15H,7H2,(H2,23,29)(H2,24,30)(H2,26,27,28)/t14-/m1/s1. The third kappa shape index (κ3) is 4.74. The van der Waals surface area contributed by atoms with Gasteiger partial charge in [0.15, 0.2) is 11.6 Å². The topological polar surface area (TPSA) is 136 Å². The summed E-state index contributed by atoms with van der Waals surface area (Å²) in [7, 11) is 0. The van der Waals surface area contributed by atoms with E-state index in [2.05, 4.69) is 20.6 Å². The molecule has 0 radical (unpaired) electrons. The molecule has 0 aliphatic heterocycles. The minimum atomic E-state index is -2.86. The first-order chi connectivity index (χ1) is 14.2. The minimum Gasteiger partial charge on any atom is -0.368 e. The minimum absolute atomic E-state index is 0.149. The molecule has 2 aromatic heterocycles. The second kappa shape index (κ2) is 8.64. The average Bonchev–Trinajstić information content (AvgIpc) is 2.69. The maximum Gasteiger partial charge on any atom is 0.252 e. The van der Waals surface area contributed by atoms with Crippen molar-refractivity contribution in [2.24, 2.45) is 11.5 Å². The quantitative estimate of drug-likeness (QED) is 0.444. The number of para-hydroxylation sites is 1. The monoisotopic (exact) mass is 418 g/mol. The van der Waals surface area contributed by atoms with Crippen molar-refractivity contribution in [2.75, 3.05) is 10.6 Å². The fourth-order valence-electron chi connectivity index (χ4n) is 2.74. The average molecular weight is 418 g/mol. The van der Waals surface area contributed by atoms with Crippen molar-refractivity contribution in [1.29, 1.82) is 0 Å². The summed E-state index contributed by atoms with van der Waals surface area (Å²) in [6.45, 7) is 0. The summed E-state index contributed by atoms with van der Waals surface area (Å²) in [6.07, 6.45) is -2.33. The van der Waals surface area contributed by atoms with E-state index in [1.807, 2.05) is 18.2 Å². The Hall–Kier alpha value is -3.89. The molecule has 1 atom stereocenters. The van der Waals surface area contributed by atoms with Crippen LogP contribution in [0.1, 0.15) is 16.8 Å². The van der Waals surface area contributed by atoms with Gasteiger partial charge in [0.25, 0.3) is 5.91 Å². The first-order valence-corrected chi connectivity index (χ1v) is 8.70. The molecule has 0 spiro atoms. The van der Waals surface area contributed by atoms with Crippen LogP contribution in [-0.2, 0) is 4.79 Å². The number of carbonyl (C=O) groups excluding carboxylic acids is 2. The first kappa shape index (κ1) is 20.8. The second-order valence-electron chi connectivity index (χ2n) is 6.35. The number of benzene rings is 1. The number of amides is 2. The zero-order chi connectivity index (χ0) is 21.8. The highest BCUT2D eigenvalue weighted by Gasteiger charge is 2.24. The molecular weight excluding hydrogens is 401 g/mol. The summed E-state index contributed by atoms with van der Waals surface area (Å²) >= 11 is 0. The van der Waals surface area contributed by atoms with E-state index >= 15 is 0 Å². The Kier molecular flexibility index (Phi) is 6.00. The van der Waals surface area contributed by atoms with Crippen LogP contribution in [0.3, 0.4) is 0 Å². The fraction of sp³-hybridized carbons (Fsp3) is 0.158. The molecule has 3 aromatic rings. The molecule has 0 fully saturated rings. The molecule has 0 aliphatic rings. The van der Waals surface area contributed by atoms with E-state index in [4.69, 9.17) is 11.5 Å². The molecule has 8 nitrogen and oxygen atoms in total. The van der Waals surface area contributed by atoms with Gasteiger partial charge in [-0.1, -0.05) is 18.2 Å². The Labute approximate surface area is 168 Å². The molecule has 30 heavy (non-hydrogen) atoms. The van der Waals surface area contributed by atoms with Gasteiger partial charge < -0.3 is 22.1 Å². The van der Waals surface area contributed by atoms with Crippen LogP contribution in [0.5, 0.6) is 0 Å². The molecule has 0 unspecified atom stereocenters. The second-order valence-corrected chi connectivity index (χ2v) is 6.35. The van der Waals surface area contributed by atoms with E-state index < -0.39 is 42.3 Å². The van der Waals surface area contributed by atoms with Crippen molar-refractivity contribution < 1.29 is 22.8 Å². The summed E-state index contributed by atoms with van der Waals surface area (Å²) in [5, 5.41) is 5.85. The SMILES string of the molecule is NC(=O)c1cc(F)c(N[C@H](CC(F)F)C(N)=O)nc1Nc1cnc2ccccc2c1. The van der Waals surface area contributed by atoms with E-state index in [1.165, 1.54) is 6.20 Å². The number of nitrogens with two attached hydrogens (primary N) is 2. The molecule has 0 bridgehead atoms. The molecule has 11 heteroatoms. The van der Waals surface area contributed by atoms with Crippen molar-refractivity contribution in [1.82, 2.24) is 9.97 Å². The number of pyridine rings is 2. The number of alkyl halides is 2. The van der Waals surface area contributed by atoms with Gasteiger partial charge in [-0.25, -0.2) is 18.2 Å². The lowest BCUT2D eigenvalue weighted by atomic mass is 10.1. The van der Waals surface area contributed by atoms with Gasteiger partial charge in [0, 0.05) is 11.8 Å². The van der Waals surface area contributed by atoms with Gasteiger partial charge in [-0.05, 0) is 18.2 Å². The van der Waals surface area contributed by atoms with Crippen LogP contribution in [0.2, 0.25) is 0 Å². The van der Waals surface area contributed by atoms with Crippen LogP contribution in [0, 0.1) is 5.82 Å². The zero-order valence-electron chi connectivity index (χ0n) is 15.4. The Morgan fingerprint density at radius 2 is 1.83 bits per heavy atom. The van der Waals surface area contributed by atoms with Gasteiger partial charge in [-0.15, -0.1) is 0 Å². The smallest absolute Gasteiger partial charge is 0.252 e. The molecule has 3 rings (SSSR count). The molecule has 2 heterocycles. The predicted octanol–water partition coefficient (Wildman–Crippen LogP) is 2.53. The maximum absolute atomic E-state index is 14.4. The highest BCUT2D eigenvalue weighted by Crippen LogP contribution is 2.26. The van der Waals surface area contributed by atoms with Gasteiger partial charge in [-0.3, -0.25) is 14.6 Å². The number of nitrogens with one attached hydrogen (secondary N) is 2. The number of hydrogen-bond acceptors (Lipinski definition) is 6. The summed E-state index contributed by atoms with van der Waals surface area (Å²) in [6, 6.07) is 8.19. The number of anilines is 3. The van der Waals surface area contributed by atoms with Crippen LogP contribution in [0.4, 0.5) is 30.5 Å². The molecule has 1 aromatic carbocycles. The number of halogens is 3. The number of aromatic nitrogens is 2. The number of carbonyl (C=O) groups is 2. The summed E-state index contributed by atoms with van der Waals surface area (Å²) in [5.74, 6) is -3.83. The van der Waals surface area contributed by atoms with E-state index in [1.54, 1.807) is 12.1 Å². The summed E-state index contributed by atoms with van der Waals surface area (Å²) in [5.41, 5.74) is 11.3. The lowest BCUT2D eigenvalue weighted by Crippen LogP contribution is -2.37. The Morgan fingerprint density at radius 3 is 2.50 bits per heavy atom. The maximum atomic E-state index is 14.4. The number of fused-ring (bicyclic) bond motifs is 1. The van der Waals surface area contributed by atoms with Gasteiger partial charge in [-0.2, -0.15) is 0 Å². The highest BCUT2D eigenvalue weighted by molar-refractivity contribution is 5.99. The molecule has 0 saturated carbocycles. The predicted molar refractivity (Wildman–Crippen MR) is 105 cm³/mol. The largest absolute Gasteiger partial charge is 0.368 e. The number of rotatable bonds is 8. The van der Waals surface area contributed by atoms with Crippen molar-refractivity contribution in [2.45, 2.75) is 18.9 Å². The molecule has 2 amide bonds. The van der Waals surface area contributed by atoms with Crippen LogP contribution in [-0.4, -0.2) is 34.2 Å². The van der Waals surface area contributed by atoms with Gasteiger partial charge in [0.05, 0.1) is 23.0 Å². The van der Waals surface area contributed by atoms with Crippen molar-refractivity contribution in [3.8, 4) is 0 Å². The van der Waals surface area contributed by atoms with Crippen molar-refractivity contribution >= 4 is 40.0 Å². The highest BCUT2D eigenvalue weighted by atomic mass is 19.3. The Balaban J connectivity index is 1.98. The summed E-state index contributed by atoms with van der Waals surface area (Å²) in [4.78, 5) is 31.3. The van der Waals surface area contributed by atoms with E-state index in [9.17, 15) is 22.8 Å². The third-order valence-corrected chi connectivity index (χ3v) is 4.16. The van der Waals surface area contributed by atoms with E-state index in [0.717, 1.165) is 17.0 Å². The van der Waals surface area contributed by atoms with E-state index in [-0.39, 0.29) is 11.4 Å². The lowest BCUT2D eigenvalue weighted by Gasteiger charge is -2.18. The third-order valence-electron chi connectivity index (χ3n) is 4.16. The normalized spacial score (nSPS) is 12.0. The van der Waals surface area contributed by atoms with Crippen LogP contribution in [0.25, 0.3) is 10.9 Å². The fourth-order valence-corrected chi connectivity index (χ4v) is 2.74. The molecule has 0 aliphatic carbocycles. The van der Waals surface area contributed by atoms with Crippen LogP contribution < -0.4 is 22.1 Å². The summed E-state index contributed by atoms with van der Waals surface area (Å²) < 4.78 is 39.7. The van der Waals surface area contributed by atoms with Crippen LogP contribution in [0.15, 0.2) is 42.6 Å². The molecule has 6 N–H and O–H groups in total. The molecule has 156 valence electrons. The van der Waals surface area contributed by atoms with Crippen molar-refractivity contribution in [3.05, 3.63) is 54.0 Å². The zero-order valence-corrected chi connectivity index (χ0v) is 15.4. The van der Waals surface area contributed by atoms with Gasteiger partial charge >= 0.3 is 0 Å². The number of primary amides is 2. The lowest BCUT2D eigenvalue weighted by molar-refractivity contribution is -0.119. The Morgan fingerprint density at radius 1 is 1.10 bits per heavy atom. The number of nitrogens with zero attached hydrogens (tertiary/aromatic N) is 2. The number of hydrogen-bond donors (Lipinski definition) is 4. The van der Waals surface area contributed by atoms with E-state index in [0.29, 0.717) is 5.69 Å². The van der Waals surface area contributed by atoms with Crippen LogP contribution >= 0.6 is 0 Å². The first-order valence-electron chi connectivity index (χ1n) is 8.70. The molecule has 0 saturated heterocycles.